The molecule has 0 saturated carbocycles. The molecule has 1 heterocycles. The maximum atomic E-state index is 8.83. The molecule has 0 amide bonds. The van der Waals surface area contributed by atoms with Gasteiger partial charge in [-0.1, -0.05) is 19.4 Å². The first kappa shape index (κ1) is 14.4. The minimum atomic E-state index is 0.318. The number of hydrogen-bond acceptors (Lipinski definition) is 4. The van der Waals surface area contributed by atoms with E-state index in [0.29, 0.717) is 18.2 Å². The van der Waals surface area contributed by atoms with Crippen molar-refractivity contribution < 1.29 is 0 Å². The zero-order valence-electron chi connectivity index (χ0n) is 11.6. The number of thiophene rings is 1. The van der Waals surface area contributed by atoms with E-state index in [1.54, 1.807) is 11.3 Å². The molecule has 0 aliphatic rings. The predicted octanol–water partition coefficient (Wildman–Crippen LogP) is 4.35. The van der Waals surface area contributed by atoms with Gasteiger partial charge in [-0.05, 0) is 41.6 Å². The molecule has 0 aliphatic heterocycles. The topological polar surface area (TPSA) is 61.8 Å². The molecule has 1 aromatic heterocycles. The molecule has 1 aromatic carbocycles. The molecule has 0 spiro atoms. The van der Waals surface area contributed by atoms with Crippen molar-refractivity contribution in [3.63, 3.8) is 0 Å². The molecular weight excluding hydrogens is 266 g/mol. The monoisotopic (exact) mass is 285 g/mol. The van der Waals surface area contributed by atoms with Crippen LogP contribution in [-0.4, -0.2) is 0 Å². The summed E-state index contributed by atoms with van der Waals surface area (Å²) in [7, 11) is 0. The summed E-state index contributed by atoms with van der Waals surface area (Å²) in [6, 6.07) is 12.5. The largest absolute Gasteiger partial charge is 0.398 e. The molecule has 3 nitrogen and oxygen atoms in total. The van der Waals surface area contributed by atoms with Crippen LogP contribution < -0.4 is 11.1 Å². The van der Waals surface area contributed by atoms with E-state index in [1.165, 1.54) is 4.88 Å². The van der Waals surface area contributed by atoms with Gasteiger partial charge < -0.3 is 11.1 Å². The van der Waals surface area contributed by atoms with Crippen LogP contribution in [0.1, 0.15) is 36.2 Å². The van der Waals surface area contributed by atoms with Gasteiger partial charge in [0.2, 0.25) is 0 Å². The Bertz CT molecular complexity index is 584. The number of nitriles is 1. The highest BCUT2D eigenvalue weighted by Crippen LogP contribution is 2.28. The van der Waals surface area contributed by atoms with Crippen molar-refractivity contribution >= 4 is 22.7 Å². The smallest absolute Gasteiger partial charge is 0.0670 e. The lowest BCUT2D eigenvalue weighted by atomic mass is 10.1. The Morgan fingerprint density at radius 1 is 1.40 bits per heavy atom. The van der Waals surface area contributed by atoms with Crippen LogP contribution in [0.15, 0.2) is 35.7 Å². The van der Waals surface area contributed by atoms with Crippen LogP contribution >= 0.6 is 11.3 Å². The maximum Gasteiger partial charge on any atom is 0.0670 e. The molecule has 3 N–H and O–H groups in total. The third kappa shape index (κ3) is 3.52. The van der Waals surface area contributed by atoms with E-state index >= 15 is 0 Å². The highest BCUT2D eigenvalue weighted by Gasteiger charge is 2.12. The van der Waals surface area contributed by atoms with E-state index in [1.807, 2.05) is 18.2 Å². The summed E-state index contributed by atoms with van der Waals surface area (Å²) >= 11 is 1.77. The highest BCUT2D eigenvalue weighted by molar-refractivity contribution is 7.10. The van der Waals surface area contributed by atoms with E-state index in [-0.39, 0.29) is 0 Å². The Morgan fingerprint density at radius 2 is 2.25 bits per heavy atom. The zero-order valence-corrected chi connectivity index (χ0v) is 12.4. The van der Waals surface area contributed by atoms with Gasteiger partial charge in [-0.3, -0.25) is 0 Å². The molecular formula is C16H19N3S. The van der Waals surface area contributed by atoms with Gasteiger partial charge in [-0.15, -0.1) is 11.3 Å². The van der Waals surface area contributed by atoms with Gasteiger partial charge >= 0.3 is 0 Å². The van der Waals surface area contributed by atoms with E-state index in [2.05, 4.69) is 35.8 Å². The van der Waals surface area contributed by atoms with Crippen LogP contribution in [0.2, 0.25) is 0 Å². The lowest BCUT2D eigenvalue weighted by molar-refractivity contribution is 0.687. The molecule has 0 fully saturated rings. The molecule has 104 valence electrons. The Hall–Kier alpha value is -1.99. The third-order valence-electron chi connectivity index (χ3n) is 3.22. The van der Waals surface area contributed by atoms with Gasteiger partial charge in [-0.2, -0.15) is 5.26 Å². The molecule has 4 heteroatoms. The summed E-state index contributed by atoms with van der Waals surface area (Å²) in [5.74, 6) is 0. The number of nitrogens with one attached hydrogen (secondary N) is 1. The number of anilines is 2. The Morgan fingerprint density at radius 3 is 2.90 bits per heavy atom. The van der Waals surface area contributed by atoms with Crippen LogP contribution in [0.5, 0.6) is 0 Å². The number of nitrogens with zero attached hydrogens (tertiary/aromatic N) is 1. The molecule has 0 saturated heterocycles. The van der Waals surface area contributed by atoms with Crippen molar-refractivity contribution in [2.45, 2.75) is 32.2 Å². The van der Waals surface area contributed by atoms with Crippen molar-refractivity contribution in [2.75, 3.05) is 11.1 Å². The van der Waals surface area contributed by atoms with Gasteiger partial charge in [0, 0.05) is 16.3 Å². The standard InChI is InChI=1S/C16H19N3S/c1-2-4-15(16-5-3-10-20-16)19-13-6-7-14(18)12(11-13)8-9-17/h3,5-7,10-11,15,19H,2,4,8,18H2,1H3. The number of benzene rings is 1. The maximum absolute atomic E-state index is 8.83. The number of rotatable bonds is 6. The van der Waals surface area contributed by atoms with E-state index < -0.39 is 0 Å². The van der Waals surface area contributed by atoms with E-state index in [0.717, 1.165) is 24.1 Å². The van der Waals surface area contributed by atoms with Crippen molar-refractivity contribution in [3.05, 3.63) is 46.2 Å². The SMILES string of the molecule is CCCC(Nc1ccc(N)c(CC#N)c1)c1cccs1. The molecule has 20 heavy (non-hydrogen) atoms. The summed E-state index contributed by atoms with van der Waals surface area (Å²) in [4.78, 5) is 1.34. The van der Waals surface area contributed by atoms with Crippen molar-refractivity contribution in [1.29, 1.82) is 5.26 Å². The summed E-state index contributed by atoms with van der Waals surface area (Å²) < 4.78 is 0. The summed E-state index contributed by atoms with van der Waals surface area (Å²) in [6.07, 6.45) is 2.55. The first-order valence-electron chi connectivity index (χ1n) is 6.80. The molecule has 1 atom stereocenters. The average Bonchev–Trinajstić information content (AvgIpc) is 2.96. The van der Waals surface area contributed by atoms with Gasteiger partial charge in [-0.25, -0.2) is 0 Å². The van der Waals surface area contributed by atoms with E-state index in [4.69, 9.17) is 11.0 Å². The van der Waals surface area contributed by atoms with Crippen LogP contribution in [-0.2, 0) is 6.42 Å². The second-order valence-electron chi connectivity index (χ2n) is 4.75. The van der Waals surface area contributed by atoms with Crippen molar-refractivity contribution in [1.82, 2.24) is 0 Å². The quantitative estimate of drug-likeness (QED) is 0.776. The van der Waals surface area contributed by atoms with Crippen LogP contribution in [0.4, 0.5) is 11.4 Å². The fourth-order valence-corrected chi connectivity index (χ4v) is 3.01. The molecule has 1 unspecified atom stereocenters. The minimum Gasteiger partial charge on any atom is -0.398 e. The van der Waals surface area contributed by atoms with Crippen LogP contribution in [0, 0.1) is 11.3 Å². The van der Waals surface area contributed by atoms with Crippen molar-refractivity contribution in [3.8, 4) is 6.07 Å². The van der Waals surface area contributed by atoms with Gasteiger partial charge in [0.05, 0.1) is 18.5 Å². The zero-order chi connectivity index (χ0) is 14.4. The molecule has 2 aromatic rings. The first-order chi connectivity index (χ1) is 9.74. The first-order valence-corrected chi connectivity index (χ1v) is 7.67. The van der Waals surface area contributed by atoms with Gasteiger partial charge in [0.15, 0.2) is 0 Å². The molecule has 2 rings (SSSR count). The minimum absolute atomic E-state index is 0.318. The second-order valence-corrected chi connectivity index (χ2v) is 5.73. The van der Waals surface area contributed by atoms with Gasteiger partial charge in [0.25, 0.3) is 0 Å². The number of hydrogen-bond donors (Lipinski definition) is 2. The van der Waals surface area contributed by atoms with Crippen LogP contribution in [0.3, 0.4) is 0 Å². The van der Waals surface area contributed by atoms with E-state index in [9.17, 15) is 0 Å². The van der Waals surface area contributed by atoms with Gasteiger partial charge in [0.1, 0.15) is 0 Å². The normalized spacial score (nSPS) is 11.8. The molecule has 0 bridgehead atoms. The van der Waals surface area contributed by atoms with Crippen molar-refractivity contribution in [2.24, 2.45) is 0 Å². The number of nitrogen functional groups attached to an aromatic ring is 1. The second kappa shape index (κ2) is 6.97. The average molecular weight is 285 g/mol. The third-order valence-corrected chi connectivity index (χ3v) is 4.20. The molecule has 0 radical (unpaired) electrons. The fraction of sp³-hybridized carbons (Fsp3) is 0.312. The lowest BCUT2D eigenvalue weighted by Gasteiger charge is -2.19. The fourth-order valence-electron chi connectivity index (χ4n) is 2.20. The highest BCUT2D eigenvalue weighted by atomic mass is 32.1. The Kier molecular flexibility index (Phi) is 5.03. The lowest BCUT2D eigenvalue weighted by Crippen LogP contribution is -2.09. The summed E-state index contributed by atoms with van der Waals surface area (Å²) in [5, 5.41) is 14.5. The summed E-state index contributed by atoms with van der Waals surface area (Å²) in [5.41, 5.74) is 8.48. The summed E-state index contributed by atoms with van der Waals surface area (Å²) in [6.45, 7) is 2.19. The Balaban J connectivity index is 2.18. The van der Waals surface area contributed by atoms with Crippen LogP contribution in [0.25, 0.3) is 0 Å². The Labute approximate surface area is 124 Å². The number of nitrogens with two attached hydrogens (primary N) is 1. The molecule has 0 aliphatic carbocycles. The predicted molar refractivity (Wildman–Crippen MR) is 85.8 cm³/mol.